The zero-order chi connectivity index (χ0) is 28.4. The molecule has 5 rings (SSSR count). The van der Waals surface area contributed by atoms with E-state index >= 15 is 0 Å². The highest BCUT2D eigenvalue weighted by Crippen LogP contribution is 2.31. The van der Waals surface area contributed by atoms with E-state index in [1.165, 1.54) is 0 Å². The van der Waals surface area contributed by atoms with Crippen molar-refractivity contribution in [2.75, 3.05) is 5.01 Å². The molecule has 0 fully saturated rings. The second-order valence-electron chi connectivity index (χ2n) is 10.4. The number of fused-ring (bicyclic) bond motifs is 1. The quantitative estimate of drug-likeness (QED) is 0.236. The summed E-state index contributed by atoms with van der Waals surface area (Å²) < 4.78 is 6.49. The van der Waals surface area contributed by atoms with Crippen LogP contribution in [-0.4, -0.2) is 28.4 Å². The van der Waals surface area contributed by atoms with Crippen LogP contribution in [0.15, 0.2) is 88.7 Å². The highest BCUT2D eigenvalue weighted by molar-refractivity contribution is 9.10. The van der Waals surface area contributed by atoms with E-state index in [0.717, 1.165) is 31.0 Å². The number of halogens is 1. The molecule has 40 heavy (non-hydrogen) atoms. The van der Waals surface area contributed by atoms with Gasteiger partial charge < -0.3 is 9.64 Å². The van der Waals surface area contributed by atoms with Gasteiger partial charge in [-0.25, -0.2) is 4.79 Å². The van der Waals surface area contributed by atoms with E-state index in [4.69, 9.17) is 4.74 Å². The van der Waals surface area contributed by atoms with E-state index in [-0.39, 0.29) is 5.91 Å². The minimum atomic E-state index is -0.749. The summed E-state index contributed by atoms with van der Waals surface area (Å²) in [5.41, 5.74) is 6.37. The van der Waals surface area contributed by atoms with Crippen molar-refractivity contribution in [3.63, 3.8) is 0 Å². The standard InChI is InChI=1S/C31H28BrN3O4S/c1-31(2,3)39-30(38)35(23-15-13-21(14-16-23)27-8-5-17-40-27)33-28(36)22-11-9-20(10-12-22)18-34-19-25-24(29(34)37)6-4-7-26(25)32/h4-17H,18-19H2,1-3H3,(H,33,36). The van der Waals surface area contributed by atoms with Gasteiger partial charge in [-0.05, 0) is 85.3 Å². The van der Waals surface area contributed by atoms with Gasteiger partial charge in [0.2, 0.25) is 0 Å². The molecule has 2 heterocycles. The molecule has 0 radical (unpaired) electrons. The third-order valence-corrected chi connectivity index (χ3v) is 7.96. The number of carbonyl (C=O) groups excluding carboxylic acids is 3. The molecule has 1 aromatic heterocycles. The number of hydrogen-bond donors (Lipinski definition) is 1. The van der Waals surface area contributed by atoms with E-state index in [9.17, 15) is 14.4 Å². The maximum Gasteiger partial charge on any atom is 0.434 e. The summed E-state index contributed by atoms with van der Waals surface area (Å²) >= 11 is 5.15. The number of thiophene rings is 1. The fourth-order valence-corrected chi connectivity index (χ4v) is 5.59. The summed E-state index contributed by atoms with van der Waals surface area (Å²) in [7, 11) is 0. The average Bonchev–Trinajstić information content (AvgIpc) is 3.56. The van der Waals surface area contributed by atoms with Crippen molar-refractivity contribution >= 4 is 50.9 Å². The first-order valence-electron chi connectivity index (χ1n) is 12.7. The Morgan fingerprint density at radius 3 is 2.35 bits per heavy atom. The zero-order valence-electron chi connectivity index (χ0n) is 22.3. The predicted molar refractivity (Wildman–Crippen MR) is 160 cm³/mol. The SMILES string of the molecule is CC(C)(C)OC(=O)N(NC(=O)c1ccc(CN2Cc3c(Br)cccc3C2=O)cc1)c1ccc(-c2cccs2)cc1. The van der Waals surface area contributed by atoms with Gasteiger partial charge in [0, 0.05) is 33.6 Å². The Hall–Kier alpha value is -3.95. The predicted octanol–water partition coefficient (Wildman–Crippen LogP) is 7.42. The second kappa shape index (κ2) is 11.3. The number of nitrogens with one attached hydrogen (secondary N) is 1. The summed E-state index contributed by atoms with van der Waals surface area (Å²) in [5.74, 6) is -0.482. The van der Waals surface area contributed by atoms with Gasteiger partial charge in [-0.1, -0.05) is 52.3 Å². The fourth-order valence-electron chi connectivity index (χ4n) is 4.37. The van der Waals surface area contributed by atoms with Gasteiger partial charge in [0.15, 0.2) is 0 Å². The lowest BCUT2D eigenvalue weighted by atomic mass is 10.1. The van der Waals surface area contributed by atoms with Gasteiger partial charge in [-0.3, -0.25) is 15.0 Å². The summed E-state index contributed by atoms with van der Waals surface area (Å²) in [6, 6.07) is 24.0. The van der Waals surface area contributed by atoms with Crippen LogP contribution in [0.5, 0.6) is 0 Å². The Kier molecular flexibility index (Phi) is 7.78. The number of anilines is 1. The zero-order valence-corrected chi connectivity index (χ0v) is 24.7. The minimum Gasteiger partial charge on any atom is -0.442 e. The van der Waals surface area contributed by atoms with Crippen LogP contribution in [0.1, 0.15) is 52.6 Å². The number of rotatable bonds is 5. The molecule has 0 aliphatic carbocycles. The van der Waals surface area contributed by atoms with E-state index in [1.807, 2.05) is 60.0 Å². The molecule has 4 aromatic rings. The minimum absolute atomic E-state index is 0.0174. The third kappa shape index (κ3) is 6.11. The Labute approximate surface area is 245 Å². The maximum absolute atomic E-state index is 13.2. The largest absolute Gasteiger partial charge is 0.442 e. The number of hydrazine groups is 1. The molecule has 0 saturated heterocycles. The first kappa shape index (κ1) is 27.6. The van der Waals surface area contributed by atoms with Gasteiger partial charge in [-0.15, -0.1) is 11.3 Å². The molecule has 3 amide bonds. The van der Waals surface area contributed by atoms with E-state index in [2.05, 4.69) is 21.4 Å². The number of amides is 3. The second-order valence-corrected chi connectivity index (χ2v) is 12.2. The van der Waals surface area contributed by atoms with Crippen LogP contribution < -0.4 is 10.4 Å². The van der Waals surface area contributed by atoms with E-state index in [1.54, 1.807) is 61.3 Å². The van der Waals surface area contributed by atoms with Gasteiger partial charge in [0.1, 0.15) is 5.60 Å². The number of hydrogen-bond acceptors (Lipinski definition) is 5. The lowest BCUT2D eigenvalue weighted by Gasteiger charge is -2.27. The first-order valence-corrected chi connectivity index (χ1v) is 14.4. The van der Waals surface area contributed by atoms with Crippen LogP contribution in [-0.2, 0) is 17.8 Å². The molecule has 3 aromatic carbocycles. The smallest absolute Gasteiger partial charge is 0.434 e. The van der Waals surface area contributed by atoms with Crippen LogP contribution in [0.4, 0.5) is 10.5 Å². The molecule has 0 spiro atoms. The van der Waals surface area contributed by atoms with Crippen LogP contribution >= 0.6 is 27.3 Å². The van der Waals surface area contributed by atoms with Crippen LogP contribution in [0.2, 0.25) is 0 Å². The maximum atomic E-state index is 13.2. The Balaban J connectivity index is 1.30. The van der Waals surface area contributed by atoms with Crippen LogP contribution in [0, 0.1) is 0 Å². The van der Waals surface area contributed by atoms with Crippen molar-refractivity contribution in [1.29, 1.82) is 0 Å². The molecule has 7 nitrogen and oxygen atoms in total. The van der Waals surface area contributed by atoms with Crippen LogP contribution in [0.3, 0.4) is 0 Å². The Morgan fingerprint density at radius 1 is 1.00 bits per heavy atom. The molecular weight excluding hydrogens is 590 g/mol. The molecular formula is C31H28BrN3O4S. The summed E-state index contributed by atoms with van der Waals surface area (Å²) in [6.07, 6.45) is -0.695. The Bertz CT molecular complexity index is 1550. The normalized spacial score (nSPS) is 12.7. The molecule has 0 saturated carbocycles. The molecule has 0 atom stereocenters. The van der Waals surface area contributed by atoms with Crippen molar-refractivity contribution in [2.24, 2.45) is 0 Å². The van der Waals surface area contributed by atoms with Crippen molar-refractivity contribution < 1.29 is 19.1 Å². The van der Waals surface area contributed by atoms with Crippen LogP contribution in [0.25, 0.3) is 10.4 Å². The van der Waals surface area contributed by atoms with Gasteiger partial charge in [-0.2, -0.15) is 5.01 Å². The molecule has 1 aliphatic heterocycles. The highest BCUT2D eigenvalue weighted by Gasteiger charge is 2.29. The molecule has 1 aliphatic rings. The molecule has 0 unspecified atom stereocenters. The summed E-state index contributed by atoms with van der Waals surface area (Å²) in [6.45, 7) is 6.25. The fraction of sp³-hybridized carbons (Fsp3) is 0.194. The number of ether oxygens (including phenoxy) is 1. The first-order chi connectivity index (χ1) is 19.1. The van der Waals surface area contributed by atoms with Crippen molar-refractivity contribution in [3.8, 4) is 10.4 Å². The lowest BCUT2D eigenvalue weighted by molar-refractivity contribution is 0.0548. The van der Waals surface area contributed by atoms with Crippen molar-refractivity contribution in [2.45, 2.75) is 39.5 Å². The van der Waals surface area contributed by atoms with Gasteiger partial charge >= 0.3 is 6.09 Å². The Morgan fingerprint density at radius 2 is 1.73 bits per heavy atom. The van der Waals surface area contributed by atoms with Crippen molar-refractivity contribution in [3.05, 3.63) is 111 Å². The molecule has 9 heteroatoms. The summed E-state index contributed by atoms with van der Waals surface area (Å²) in [4.78, 5) is 42.0. The topological polar surface area (TPSA) is 79.0 Å². The number of benzene rings is 3. The van der Waals surface area contributed by atoms with E-state index in [0.29, 0.717) is 29.9 Å². The average molecular weight is 619 g/mol. The lowest BCUT2D eigenvalue weighted by Crippen LogP contribution is -2.48. The number of nitrogens with zero attached hydrogens (tertiary/aromatic N) is 2. The van der Waals surface area contributed by atoms with Crippen molar-refractivity contribution in [1.82, 2.24) is 10.3 Å². The van der Waals surface area contributed by atoms with Gasteiger partial charge in [0.25, 0.3) is 11.8 Å². The van der Waals surface area contributed by atoms with Gasteiger partial charge in [0.05, 0.1) is 5.69 Å². The van der Waals surface area contributed by atoms with E-state index < -0.39 is 17.6 Å². The monoisotopic (exact) mass is 617 g/mol. The third-order valence-electron chi connectivity index (χ3n) is 6.30. The summed E-state index contributed by atoms with van der Waals surface area (Å²) in [5, 5.41) is 3.13. The molecule has 1 N–H and O–H groups in total. The molecule has 204 valence electrons. The highest BCUT2D eigenvalue weighted by atomic mass is 79.9. The molecule has 0 bridgehead atoms. The number of carbonyl (C=O) groups is 3.